The van der Waals surface area contributed by atoms with Crippen LogP contribution in [0.4, 0.5) is 9.59 Å². The summed E-state index contributed by atoms with van der Waals surface area (Å²) in [6, 6.07) is 0.454. The van der Waals surface area contributed by atoms with Gasteiger partial charge in [-0.3, -0.25) is 0 Å². The first-order valence-electron chi connectivity index (χ1n) is 14.2. The number of hydrogen-bond acceptors (Lipinski definition) is 10. The monoisotopic (exact) mass is 607 g/mol. The maximum Gasteiger partial charge on any atom is 0.407 e. The number of unbranched alkanes of at least 4 members (excludes halogenated alkanes) is 1. The third-order valence-corrected chi connectivity index (χ3v) is 8.48. The summed E-state index contributed by atoms with van der Waals surface area (Å²) in [7, 11) is 3.36. The lowest BCUT2D eigenvalue weighted by molar-refractivity contribution is 0.0489. The Labute approximate surface area is 250 Å². The summed E-state index contributed by atoms with van der Waals surface area (Å²) in [6.07, 6.45) is 1.37. The van der Waals surface area contributed by atoms with Crippen LogP contribution in [0.25, 0.3) is 0 Å². The zero-order valence-corrected chi connectivity index (χ0v) is 27.2. The van der Waals surface area contributed by atoms with Crippen LogP contribution in [-0.2, 0) is 23.7 Å². The second-order valence-electron chi connectivity index (χ2n) is 10.2. The molecule has 0 fully saturated rings. The Bertz CT molecular complexity index is 716. The van der Waals surface area contributed by atoms with Gasteiger partial charge in [0.15, 0.2) is 0 Å². The van der Waals surface area contributed by atoms with Crippen molar-refractivity contribution in [3.63, 3.8) is 0 Å². The zero-order chi connectivity index (χ0) is 30.1. The molecule has 0 radical (unpaired) electrons. The molecule has 0 bridgehead atoms. The topological polar surface area (TPSA) is 116 Å². The van der Waals surface area contributed by atoms with Gasteiger partial charge in [0.2, 0.25) is 0 Å². The fourth-order valence-electron chi connectivity index (χ4n) is 2.72. The van der Waals surface area contributed by atoms with Crippen molar-refractivity contribution in [1.29, 1.82) is 0 Å². The molecule has 0 spiro atoms. The fraction of sp³-hybridized carbons (Fsp3) is 0.857. The molecule has 0 unspecified atom stereocenters. The minimum atomic E-state index is -0.445. The number of nitrogens with one attached hydrogen (secondary N) is 3. The van der Waals surface area contributed by atoms with E-state index in [4.69, 9.17) is 23.7 Å². The van der Waals surface area contributed by atoms with Crippen LogP contribution in [0.3, 0.4) is 0 Å². The molecule has 0 aliphatic carbocycles. The number of hydrogen-bond donors (Lipinski definition) is 3. The quantitative estimate of drug-likeness (QED) is 0.0646. The normalized spacial score (nSPS) is 12.1. The van der Waals surface area contributed by atoms with Crippen LogP contribution in [0.5, 0.6) is 0 Å². The van der Waals surface area contributed by atoms with E-state index in [9.17, 15) is 9.59 Å². The van der Waals surface area contributed by atoms with Crippen molar-refractivity contribution in [3.05, 3.63) is 0 Å². The third kappa shape index (κ3) is 28.2. The molecule has 0 aromatic rings. The molecule has 40 heavy (non-hydrogen) atoms. The first kappa shape index (κ1) is 38.6. The molecule has 3 N–H and O–H groups in total. The van der Waals surface area contributed by atoms with Gasteiger partial charge in [0, 0.05) is 36.4 Å². The maximum absolute atomic E-state index is 11.9. The van der Waals surface area contributed by atoms with Gasteiger partial charge in [0.1, 0.15) is 5.44 Å². The molecule has 1 atom stereocenters. The van der Waals surface area contributed by atoms with Gasteiger partial charge in [-0.15, -0.1) is 0 Å². The number of alkyl carbamates (subject to hydrolysis) is 2. The number of carbonyl (C=O) groups excluding carboxylic acids is 2. The van der Waals surface area contributed by atoms with Crippen LogP contribution in [0.1, 0.15) is 67.7 Å². The average Bonchev–Trinajstić information content (AvgIpc) is 2.88. The second-order valence-corrected chi connectivity index (χ2v) is 13.4. The first-order chi connectivity index (χ1) is 19.0. The number of amides is 2. The molecule has 234 valence electrons. The number of ether oxygens (including phenoxy) is 5. The van der Waals surface area contributed by atoms with Crippen LogP contribution in [0.15, 0.2) is 0 Å². The highest BCUT2D eigenvalue weighted by Crippen LogP contribution is 2.40. The highest BCUT2D eigenvalue weighted by Gasteiger charge is 2.21. The summed E-state index contributed by atoms with van der Waals surface area (Å²) in [6.45, 7) is 19.3. The van der Waals surface area contributed by atoms with Crippen LogP contribution in [-0.4, -0.2) is 94.3 Å². The minimum absolute atomic E-state index is 0.0133. The highest BCUT2D eigenvalue weighted by molar-refractivity contribution is 8.77. The van der Waals surface area contributed by atoms with Crippen molar-refractivity contribution in [3.8, 4) is 11.8 Å². The molecule has 0 aliphatic rings. The van der Waals surface area contributed by atoms with Crippen LogP contribution in [0.2, 0.25) is 0 Å². The van der Waals surface area contributed by atoms with Gasteiger partial charge in [-0.1, -0.05) is 61.1 Å². The Hall–Kier alpha value is -1.36. The fourth-order valence-corrected chi connectivity index (χ4v) is 5.03. The molecule has 0 aromatic heterocycles. The van der Waals surface area contributed by atoms with Crippen LogP contribution >= 0.6 is 21.6 Å². The standard InChI is InChI=1S/C28H53N3O7S2/c1-23(2)11-10-13-30-26(32)37-17-9-8-16-36-25(5)39-40-28(6,7)12-18-38-27(33)31-15-20-35-22-21-34-19-14-29-24(3)4/h23-25,29H,8-9,12-22H2,1-7H3,(H,30,32)(H,31,33)/t25-/m1/s1. The SMILES string of the molecule is CC(C)C#CCNC(=O)OCCCCO[C@@H](C)SSC(C)(C)CCOC(=O)NCCOCCOCCNC(C)C. The van der Waals surface area contributed by atoms with Crippen molar-refractivity contribution in [2.45, 2.75) is 84.0 Å². The summed E-state index contributed by atoms with van der Waals surface area (Å²) in [4.78, 5) is 23.4. The lowest BCUT2D eigenvalue weighted by Gasteiger charge is -2.24. The first-order valence-corrected chi connectivity index (χ1v) is 16.4. The summed E-state index contributed by atoms with van der Waals surface area (Å²) in [5.41, 5.74) is 0.0133. The van der Waals surface area contributed by atoms with Gasteiger partial charge in [0.25, 0.3) is 0 Å². The van der Waals surface area contributed by atoms with E-state index in [-0.39, 0.29) is 16.1 Å². The molecule has 0 saturated heterocycles. The van der Waals surface area contributed by atoms with E-state index < -0.39 is 12.2 Å². The second kappa shape index (κ2) is 25.4. The van der Waals surface area contributed by atoms with Gasteiger partial charge in [-0.05, 0) is 40.0 Å². The Kier molecular flexibility index (Phi) is 24.5. The van der Waals surface area contributed by atoms with Crippen molar-refractivity contribution in [1.82, 2.24) is 16.0 Å². The molecule has 0 saturated carbocycles. The molecule has 0 aliphatic heterocycles. The predicted molar refractivity (Wildman–Crippen MR) is 165 cm³/mol. The minimum Gasteiger partial charge on any atom is -0.450 e. The van der Waals surface area contributed by atoms with Gasteiger partial charge in [0.05, 0.1) is 46.2 Å². The molecular formula is C28H53N3O7S2. The van der Waals surface area contributed by atoms with Crippen molar-refractivity contribution >= 4 is 33.8 Å². The molecule has 0 heterocycles. The van der Waals surface area contributed by atoms with E-state index in [0.717, 1.165) is 19.4 Å². The molecule has 0 aromatic carbocycles. The summed E-state index contributed by atoms with van der Waals surface area (Å²) < 4.78 is 27.1. The molecular weight excluding hydrogens is 554 g/mol. The molecule has 10 nitrogen and oxygen atoms in total. The van der Waals surface area contributed by atoms with E-state index in [2.05, 4.69) is 55.5 Å². The Morgan fingerprint density at radius 3 is 2.10 bits per heavy atom. The Morgan fingerprint density at radius 2 is 1.43 bits per heavy atom. The molecule has 2 amide bonds. The van der Waals surface area contributed by atoms with Gasteiger partial charge in [-0.25, -0.2) is 9.59 Å². The predicted octanol–water partition coefficient (Wildman–Crippen LogP) is 4.82. The zero-order valence-electron chi connectivity index (χ0n) is 25.6. The van der Waals surface area contributed by atoms with Crippen molar-refractivity contribution in [2.75, 3.05) is 65.9 Å². The van der Waals surface area contributed by atoms with Crippen molar-refractivity contribution < 1.29 is 33.3 Å². The van der Waals surface area contributed by atoms with E-state index in [1.165, 1.54) is 0 Å². The number of carbonyl (C=O) groups is 2. The summed E-state index contributed by atoms with van der Waals surface area (Å²) in [5.74, 6) is 6.14. The number of rotatable bonds is 23. The van der Waals surface area contributed by atoms with E-state index >= 15 is 0 Å². The van der Waals surface area contributed by atoms with Crippen LogP contribution < -0.4 is 16.0 Å². The Morgan fingerprint density at radius 1 is 0.800 bits per heavy atom. The van der Waals surface area contributed by atoms with Gasteiger partial charge < -0.3 is 39.6 Å². The van der Waals surface area contributed by atoms with E-state index in [1.807, 2.05) is 20.8 Å². The smallest absolute Gasteiger partial charge is 0.407 e. The molecule has 0 rings (SSSR count). The lowest BCUT2D eigenvalue weighted by atomic mass is 10.1. The largest absolute Gasteiger partial charge is 0.450 e. The van der Waals surface area contributed by atoms with Gasteiger partial charge >= 0.3 is 12.2 Å². The summed E-state index contributed by atoms with van der Waals surface area (Å²) >= 11 is 0. The Balaban J connectivity index is 3.67. The highest BCUT2D eigenvalue weighted by atomic mass is 33.1. The van der Waals surface area contributed by atoms with Crippen molar-refractivity contribution in [2.24, 2.45) is 5.92 Å². The average molecular weight is 608 g/mol. The van der Waals surface area contributed by atoms with Crippen LogP contribution in [0, 0.1) is 17.8 Å². The molecule has 12 heteroatoms. The van der Waals surface area contributed by atoms with Gasteiger partial charge in [-0.2, -0.15) is 0 Å². The van der Waals surface area contributed by atoms with E-state index in [1.54, 1.807) is 21.6 Å². The summed E-state index contributed by atoms with van der Waals surface area (Å²) in [5, 5.41) is 8.58. The van der Waals surface area contributed by atoms with E-state index in [0.29, 0.717) is 71.8 Å². The third-order valence-electron chi connectivity index (χ3n) is 4.87. The lowest BCUT2D eigenvalue weighted by Crippen LogP contribution is -2.30. The maximum atomic E-state index is 11.9.